The van der Waals surface area contributed by atoms with Crippen molar-refractivity contribution in [3.63, 3.8) is 0 Å². The van der Waals surface area contributed by atoms with Crippen molar-refractivity contribution in [3.05, 3.63) is 71.3 Å². The predicted molar refractivity (Wildman–Crippen MR) is 145 cm³/mol. The van der Waals surface area contributed by atoms with Gasteiger partial charge in [-0.15, -0.1) is 0 Å². The van der Waals surface area contributed by atoms with Crippen LogP contribution in [0.1, 0.15) is 61.6 Å². The summed E-state index contributed by atoms with van der Waals surface area (Å²) in [6, 6.07) is 18.4. The highest BCUT2D eigenvalue weighted by molar-refractivity contribution is 5.84. The van der Waals surface area contributed by atoms with Crippen molar-refractivity contribution in [1.82, 2.24) is 15.3 Å². The van der Waals surface area contributed by atoms with Crippen LogP contribution in [0.4, 0.5) is 0 Å². The van der Waals surface area contributed by atoms with Crippen LogP contribution in [-0.4, -0.2) is 60.5 Å². The summed E-state index contributed by atoms with van der Waals surface area (Å²) in [5.41, 5.74) is 3.73. The number of hydrogen-bond acceptors (Lipinski definition) is 5. The quantitative estimate of drug-likeness (QED) is 0.487. The lowest BCUT2D eigenvalue weighted by Gasteiger charge is -2.45. The van der Waals surface area contributed by atoms with Crippen LogP contribution in [0.2, 0.25) is 0 Å². The average Bonchev–Trinajstić information content (AvgIpc) is 2.87. The third-order valence-corrected chi connectivity index (χ3v) is 7.46. The molecule has 0 bridgehead atoms. The van der Waals surface area contributed by atoms with E-state index in [1.165, 1.54) is 18.2 Å². The van der Waals surface area contributed by atoms with E-state index < -0.39 is 11.9 Å². The summed E-state index contributed by atoms with van der Waals surface area (Å²) in [4.78, 5) is 44.4. The van der Waals surface area contributed by atoms with Gasteiger partial charge < -0.3 is 15.1 Å². The molecule has 0 spiro atoms. The zero-order chi connectivity index (χ0) is 26.8. The fourth-order valence-corrected chi connectivity index (χ4v) is 5.10. The van der Waals surface area contributed by atoms with E-state index in [-0.39, 0.29) is 36.8 Å². The molecule has 0 aliphatic heterocycles. The van der Waals surface area contributed by atoms with Gasteiger partial charge in [0, 0.05) is 31.5 Å². The van der Waals surface area contributed by atoms with Gasteiger partial charge in [0.2, 0.25) is 5.91 Å². The molecule has 1 aliphatic rings. The third-order valence-electron chi connectivity index (χ3n) is 7.46. The van der Waals surface area contributed by atoms with Crippen molar-refractivity contribution in [1.29, 1.82) is 0 Å². The van der Waals surface area contributed by atoms with Gasteiger partial charge in [0.1, 0.15) is 0 Å². The molecule has 0 saturated heterocycles. The molecule has 7 heteroatoms. The number of benzene rings is 2. The molecule has 0 heterocycles. The molecular weight excluding hydrogens is 466 g/mol. The molecule has 3 rings (SSSR count). The summed E-state index contributed by atoms with van der Waals surface area (Å²) in [6.45, 7) is 2.12. The highest BCUT2D eigenvalue weighted by Gasteiger charge is 2.37. The second kappa shape index (κ2) is 13.4. The molecule has 7 nitrogen and oxygen atoms in total. The SMILES string of the molecule is Cc1cccc(CC2(N(C)C)CCC(NC(=O)CCC(=O)N(C)OC(=O)CCc3ccccc3)CC2)c1. The van der Waals surface area contributed by atoms with E-state index >= 15 is 0 Å². The van der Waals surface area contributed by atoms with E-state index in [1.807, 2.05) is 30.3 Å². The maximum absolute atomic E-state index is 12.5. The van der Waals surface area contributed by atoms with Crippen LogP contribution in [0.3, 0.4) is 0 Å². The summed E-state index contributed by atoms with van der Waals surface area (Å²) in [7, 11) is 5.70. The molecule has 2 aromatic carbocycles. The molecule has 1 N–H and O–H groups in total. The molecule has 1 fully saturated rings. The summed E-state index contributed by atoms with van der Waals surface area (Å²) in [6.07, 6.45) is 5.60. The Morgan fingerprint density at radius 3 is 2.24 bits per heavy atom. The summed E-state index contributed by atoms with van der Waals surface area (Å²) >= 11 is 0. The van der Waals surface area contributed by atoms with Crippen LogP contribution in [-0.2, 0) is 32.1 Å². The number of amides is 2. The highest BCUT2D eigenvalue weighted by atomic mass is 16.7. The van der Waals surface area contributed by atoms with Gasteiger partial charge in [-0.05, 0) is 70.7 Å². The van der Waals surface area contributed by atoms with Crippen LogP contribution < -0.4 is 5.32 Å². The molecule has 200 valence electrons. The Labute approximate surface area is 221 Å². The summed E-state index contributed by atoms with van der Waals surface area (Å²) in [5, 5.41) is 4.05. The van der Waals surface area contributed by atoms with Gasteiger partial charge in [-0.2, -0.15) is 5.06 Å². The van der Waals surface area contributed by atoms with E-state index in [2.05, 4.69) is 55.5 Å². The van der Waals surface area contributed by atoms with Gasteiger partial charge in [-0.3, -0.25) is 9.59 Å². The highest BCUT2D eigenvalue weighted by Crippen LogP contribution is 2.35. The Kier molecular flexibility index (Phi) is 10.3. The molecule has 0 radical (unpaired) electrons. The Balaban J connectivity index is 1.38. The Hall–Kier alpha value is -3.19. The largest absolute Gasteiger partial charge is 0.353 e. The fraction of sp³-hybridized carbons (Fsp3) is 0.500. The molecule has 1 saturated carbocycles. The standard InChI is InChI=1S/C30H41N3O4/c1-23-9-8-12-25(21-23)22-30(32(2)3)19-17-26(18-20-30)31-27(34)14-15-28(35)33(4)37-29(36)16-13-24-10-6-5-7-11-24/h5-12,21,26H,13-20,22H2,1-4H3,(H,31,34). The maximum atomic E-state index is 12.5. The number of hydroxylamine groups is 2. The van der Waals surface area contributed by atoms with Crippen LogP contribution in [0.25, 0.3) is 0 Å². The number of hydrogen-bond donors (Lipinski definition) is 1. The van der Waals surface area contributed by atoms with Crippen molar-refractivity contribution < 1.29 is 19.2 Å². The molecule has 2 amide bonds. The predicted octanol–water partition coefficient (Wildman–Crippen LogP) is 4.23. The van der Waals surface area contributed by atoms with E-state index in [0.717, 1.165) is 42.7 Å². The molecule has 0 atom stereocenters. The first-order valence-electron chi connectivity index (χ1n) is 13.2. The van der Waals surface area contributed by atoms with Gasteiger partial charge in [0.05, 0.1) is 6.42 Å². The first kappa shape index (κ1) is 28.4. The normalized spacial score (nSPS) is 19.3. The smallest absolute Gasteiger partial charge is 0.332 e. The Morgan fingerprint density at radius 2 is 1.59 bits per heavy atom. The average molecular weight is 508 g/mol. The lowest BCUT2D eigenvalue weighted by atomic mass is 9.74. The van der Waals surface area contributed by atoms with Crippen LogP contribution in [0.5, 0.6) is 0 Å². The second-order valence-corrected chi connectivity index (χ2v) is 10.5. The van der Waals surface area contributed by atoms with Crippen LogP contribution in [0.15, 0.2) is 54.6 Å². The molecule has 0 unspecified atom stereocenters. The van der Waals surface area contributed by atoms with Crippen molar-refractivity contribution in [2.24, 2.45) is 0 Å². The minimum absolute atomic E-state index is 0.00396. The van der Waals surface area contributed by atoms with Gasteiger partial charge >= 0.3 is 5.97 Å². The van der Waals surface area contributed by atoms with Gasteiger partial charge in [0.15, 0.2) is 0 Å². The number of likely N-dealkylation sites (N-methyl/N-ethyl adjacent to an activating group) is 1. The lowest BCUT2D eigenvalue weighted by Crippen LogP contribution is -2.52. The first-order valence-corrected chi connectivity index (χ1v) is 13.2. The maximum Gasteiger partial charge on any atom is 0.332 e. The van der Waals surface area contributed by atoms with Crippen LogP contribution in [0, 0.1) is 6.92 Å². The minimum Gasteiger partial charge on any atom is -0.353 e. The van der Waals surface area contributed by atoms with E-state index in [0.29, 0.717) is 6.42 Å². The van der Waals surface area contributed by atoms with Crippen molar-refractivity contribution in [3.8, 4) is 0 Å². The van der Waals surface area contributed by atoms with Gasteiger partial charge in [-0.25, -0.2) is 4.79 Å². The zero-order valence-electron chi connectivity index (χ0n) is 22.7. The van der Waals surface area contributed by atoms with Gasteiger partial charge in [0.25, 0.3) is 5.91 Å². The zero-order valence-corrected chi connectivity index (χ0v) is 22.7. The fourth-order valence-electron chi connectivity index (χ4n) is 5.10. The molecule has 0 aromatic heterocycles. The summed E-state index contributed by atoms with van der Waals surface area (Å²) in [5.74, 6) is -1.00. The first-order chi connectivity index (χ1) is 17.7. The Bertz CT molecular complexity index is 1050. The molecular formula is C30H41N3O4. The molecule has 37 heavy (non-hydrogen) atoms. The molecule has 1 aliphatic carbocycles. The van der Waals surface area contributed by atoms with E-state index in [4.69, 9.17) is 4.84 Å². The van der Waals surface area contributed by atoms with Crippen LogP contribution >= 0.6 is 0 Å². The topological polar surface area (TPSA) is 79.0 Å². The lowest BCUT2D eigenvalue weighted by molar-refractivity contribution is -0.192. The third kappa shape index (κ3) is 8.71. The Morgan fingerprint density at radius 1 is 0.919 bits per heavy atom. The molecule has 2 aromatic rings. The van der Waals surface area contributed by atoms with Crippen molar-refractivity contribution in [2.75, 3.05) is 21.1 Å². The number of nitrogens with one attached hydrogen (secondary N) is 1. The number of rotatable bonds is 10. The number of carbonyl (C=O) groups excluding carboxylic acids is 3. The van der Waals surface area contributed by atoms with Crippen molar-refractivity contribution >= 4 is 17.8 Å². The summed E-state index contributed by atoms with van der Waals surface area (Å²) < 4.78 is 0. The van der Waals surface area contributed by atoms with Gasteiger partial charge in [-0.1, -0.05) is 60.2 Å². The minimum atomic E-state index is -0.471. The monoisotopic (exact) mass is 507 g/mol. The number of carbonyl (C=O) groups is 3. The number of nitrogens with zero attached hydrogens (tertiary/aromatic N) is 2. The van der Waals surface area contributed by atoms with E-state index in [9.17, 15) is 14.4 Å². The number of aryl methyl sites for hydroxylation is 2. The van der Waals surface area contributed by atoms with E-state index in [1.54, 1.807) is 0 Å². The van der Waals surface area contributed by atoms with Crippen molar-refractivity contribution in [2.45, 2.75) is 76.3 Å². The second-order valence-electron chi connectivity index (χ2n) is 10.5.